The molecule has 6 amide bonds. The molecule has 15 heteroatoms. The summed E-state index contributed by atoms with van der Waals surface area (Å²) in [6.07, 6.45) is 2.10. The highest BCUT2D eigenvalue weighted by molar-refractivity contribution is 9.12. The van der Waals surface area contributed by atoms with Crippen molar-refractivity contribution in [2.24, 2.45) is 0 Å². The molecular weight excluding hydrogens is 720 g/mol. The van der Waals surface area contributed by atoms with Crippen LogP contribution in [0.4, 0.5) is 0 Å². The molecule has 0 aliphatic carbocycles. The predicted molar refractivity (Wildman–Crippen MR) is 191 cm³/mol. The molecule has 2 aromatic rings. The van der Waals surface area contributed by atoms with Gasteiger partial charge in [0, 0.05) is 77.1 Å². The lowest BCUT2D eigenvalue weighted by molar-refractivity contribution is -0.136. The lowest BCUT2D eigenvalue weighted by atomic mass is 9.87. The van der Waals surface area contributed by atoms with E-state index in [9.17, 15) is 28.8 Å². The summed E-state index contributed by atoms with van der Waals surface area (Å²) in [5, 5.41) is 15.9. The molecular formula is C36H41BrN8O6. The van der Waals surface area contributed by atoms with Gasteiger partial charge >= 0.3 is 0 Å². The van der Waals surface area contributed by atoms with E-state index in [1.807, 2.05) is 42.3 Å². The van der Waals surface area contributed by atoms with Gasteiger partial charge in [0.1, 0.15) is 10.5 Å². The molecule has 0 bridgehead atoms. The molecule has 1 unspecified atom stereocenters. The van der Waals surface area contributed by atoms with Gasteiger partial charge in [-0.1, -0.05) is 24.3 Å². The zero-order chi connectivity index (χ0) is 36.4. The molecule has 4 aliphatic heterocycles. The first-order chi connectivity index (χ1) is 24.5. The summed E-state index contributed by atoms with van der Waals surface area (Å²) in [7, 11) is 3.58. The molecule has 4 aliphatic rings. The number of rotatable bonds is 9. The number of allylic oxidation sites excluding steroid dienone is 1. The third-order valence-electron chi connectivity index (χ3n) is 10.0. The molecule has 6 rings (SSSR count). The number of likely N-dealkylation sites (N-methyl/N-ethyl adjacent to an activating group) is 2. The Kier molecular flexibility index (Phi) is 10.8. The smallest absolute Gasteiger partial charge is 0.262 e. The fourth-order valence-electron chi connectivity index (χ4n) is 7.43. The Balaban J connectivity index is 1.05. The molecule has 3 saturated heterocycles. The van der Waals surface area contributed by atoms with Gasteiger partial charge in [-0.05, 0) is 71.1 Å². The van der Waals surface area contributed by atoms with Crippen molar-refractivity contribution in [3.05, 3.63) is 80.5 Å². The van der Waals surface area contributed by atoms with Crippen molar-refractivity contribution in [3.63, 3.8) is 0 Å². The number of halogens is 1. The summed E-state index contributed by atoms with van der Waals surface area (Å²) in [5.41, 5.74) is 3.37. The van der Waals surface area contributed by atoms with Crippen LogP contribution in [0.1, 0.15) is 67.4 Å². The van der Waals surface area contributed by atoms with Crippen LogP contribution >= 0.6 is 15.9 Å². The normalized spacial score (nSPS) is 23.4. The summed E-state index contributed by atoms with van der Waals surface area (Å²) < 4.78 is 0.280. The minimum atomic E-state index is -1.02. The standard InChI is InChI=1S/C36H41BrN8O6/c1-39-33(48)31(37)27(17-38)40-25-16-24(18-42(2)20-25)21-6-8-22(9-7-21)34(49)44-14-12-43(13-15-44)19-23-4-3-5-26-30(23)36(51)45(35(26)50)28-10-11-29(46)41-32(28)47/h3-9,17,24-25,28,38,40H,10-16,18-20H2,1-2H3,(H,39,48)(H,41,46,47)/b31-27-,38-17?/t24-,25+,28?/m0/s1. The highest BCUT2D eigenvalue weighted by Gasteiger charge is 2.45. The van der Waals surface area contributed by atoms with E-state index < -0.39 is 29.7 Å². The van der Waals surface area contributed by atoms with E-state index in [0.29, 0.717) is 55.1 Å². The predicted octanol–water partition coefficient (Wildman–Crippen LogP) is 1.43. The van der Waals surface area contributed by atoms with Crippen molar-refractivity contribution in [1.82, 2.24) is 35.6 Å². The van der Waals surface area contributed by atoms with E-state index in [4.69, 9.17) is 5.41 Å². The zero-order valence-corrected chi connectivity index (χ0v) is 30.1. The molecule has 0 radical (unpaired) electrons. The van der Waals surface area contributed by atoms with Gasteiger partial charge in [-0.3, -0.25) is 43.9 Å². The third-order valence-corrected chi connectivity index (χ3v) is 10.8. The second-order valence-corrected chi connectivity index (χ2v) is 14.2. The fraction of sp³-hybridized carbons (Fsp3) is 0.417. The first-order valence-corrected chi connectivity index (χ1v) is 17.8. The van der Waals surface area contributed by atoms with Crippen LogP contribution in [-0.4, -0.2) is 127 Å². The number of nitrogens with one attached hydrogen (secondary N) is 4. The van der Waals surface area contributed by atoms with Gasteiger partial charge in [0.05, 0.1) is 16.8 Å². The largest absolute Gasteiger partial charge is 0.379 e. The number of fused-ring (bicyclic) bond motifs is 1. The van der Waals surface area contributed by atoms with Gasteiger partial charge < -0.3 is 25.8 Å². The molecule has 3 atom stereocenters. The van der Waals surface area contributed by atoms with E-state index in [0.717, 1.165) is 36.2 Å². The number of piperazine rings is 1. The monoisotopic (exact) mass is 760 g/mol. The maximum atomic E-state index is 13.5. The maximum absolute atomic E-state index is 13.5. The number of hydrogen-bond donors (Lipinski definition) is 4. The van der Waals surface area contributed by atoms with Crippen LogP contribution in [0, 0.1) is 5.41 Å². The molecule has 4 heterocycles. The molecule has 0 spiro atoms. The number of likely N-dealkylation sites (tertiary alicyclic amines) is 1. The summed E-state index contributed by atoms with van der Waals surface area (Å²) in [4.78, 5) is 83.6. The Morgan fingerprint density at radius 1 is 1.00 bits per heavy atom. The summed E-state index contributed by atoms with van der Waals surface area (Å²) in [5.74, 6) is -2.27. The Morgan fingerprint density at radius 2 is 1.73 bits per heavy atom. The molecule has 4 N–H and O–H groups in total. The first kappa shape index (κ1) is 36.1. The number of imide groups is 2. The number of nitrogens with zero attached hydrogens (tertiary/aromatic N) is 4. The lowest BCUT2D eigenvalue weighted by Crippen LogP contribution is -2.54. The Labute approximate surface area is 304 Å². The van der Waals surface area contributed by atoms with E-state index in [2.05, 4.69) is 41.7 Å². The number of amides is 6. The van der Waals surface area contributed by atoms with Gasteiger partial charge in [0.15, 0.2) is 0 Å². The highest BCUT2D eigenvalue weighted by atomic mass is 79.9. The Morgan fingerprint density at radius 3 is 2.39 bits per heavy atom. The van der Waals surface area contributed by atoms with Crippen LogP contribution in [0.15, 0.2) is 52.6 Å². The van der Waals surface area contributed by atoms with Crippen LogP contribution in [0.2, 0.25) is 0 Å². The average molecular weight is 762 g/mol. The van der Waals surface area contributed by atoms with Gasteiger partial charge in [0.2, 0.25) is 11.8 Å². The second-order valence-electron chi connectivity index (χ2n) is 13.4. The summed E-state index contributed by atoms with van der Waals surface area (Å²) in [6, 6.07) is 11.9. The number of piperidine rings is 2. The molecule has 2 aromatic carbocycles. The van der Waals surface area contributed by atoms with Crippen LogP contribution in [0.5, 0.6) is 0 Å². The van der Waals surface area contributed by atoms with Gasteiger partial charge in [-0.15, -0.1) is 0 Å². The van der Waals surface area contributed by atoms with Gasteiger partial charge in [0.25, 0.3) is 23.6 Å². The SMILES string of the molecule is CNC(=O)/C(Br)=C(\C=N)N[C@@H]1C[C@H](c2ccc(C(=O)N3CCN(Cc4cccc5c4C(=O)N(C4CCC(=O)NC4=O)C5=O)CC3)cc2)CN(C)C1. The van der Waals surface area contributed by atoms with Gasteiger partial charge in [-0.25, -0.2) is 0 Å². The van der Waals surface area contributed by atoms with Crippen molar-refractivity contribution in [2.75, 3.05) is 53.4 Å². The molecule has 0 saturated carbocycles. The zero-order valence-electron chi connectivity index (χ0n) is 28.5. The minimum Gasteiger partial charge on any atom is -0.379 e. The lowest BCUT2D eigenvalue weighted by Gasteiger charge is -2.37. The van der Waals surface area contributed by atoms with Crippen molar-refractivity contribution >= 4 is 57.6 Å². The van der Waals surface area contributed by atoms with E-state index in [1.54, 1.807) is 12.1 Å². The van der Waals surface area contributed by atoms with Crippen LogP contribution in [-0.2, 0) is 20.9 Å². The molecule has 51 heavy (non-hydrogen) atoms. The van der Waals surface area contributed by atoms with Crippen molar-refractivity contribution in [2.45, 2.75) is 43.8 Å². The van der Waals surface area contributed by atoms with Crippen LogP contribution in [0.3, 0.4) is 0 Å². The summed E-state index contributed by atoms with van der Waals surface area (Å²) >= 11 is 3.29. The fourth-order valence-corrected chi connectivity index (χ4v) is 7.86. The second kappa shape index (κ2) is 15.3. The van der Waals surface area contributed by atoms with Crippen LogP contribution in [0.25, 0.3) is 0 Å². The molecule has 268 valence electrons. The van der Waals surface area contributed by atoms with E-state index >= 15 is 0 Å². The van der Waals surface area contributed by atoms with Crippen molar-refractivity contribution in [3.8, 4) is 0 Å². The number of carbonyl (C=O) groups excluding carboxylic acids is 6. The van der Waals surface area contributed by atoms with Crippen LogP contribution < -0.4 is 16.0 Å². The van der Waals surface area contributed by atoms with Crippen molar-refractivity contribution < 1.29 is 28.8 Å². The average Bonchev–Trinajstić information content (AvgIpc) is 3.39. The molecule has 0 aromatic heterocycles. The molecule has 14 nitrogen and oxygen atoms in total. The number of hydrogen-bond acceptors (Lipinski definition) is 10. The Hall–Kier alpha value is -4.73. The quantitative estimate of drug-likeness (QED) is 0.168. The maximum Gasteiger partial charge on any atom is 0.262 e. The minimum absolute atomic E-state index is 0.0139. The van der Waals surface area contributed by atoms with Gasteiger partial charge in [-0.2, -0.15) is 0 Å². The van der Waals surface area contributed by atoms with E-state index in [1.165, 1.54) is 7.05 Å². The molecule has 3 fully saturated rings. The van der Waals surface area contributed by atoms with Crippen molar-refractivity contribution in [1.29, 1.82) is 5.41 Å². The topological polar surface area (TPSA) is 175 Å². The number of benzene rings is 2. The third kappa shape index (κ3) is 7.51. The Bertz CT molecular complexity index is 1800. The number of carbonyl (C=O) groups is 6. The summed E-state index contributed by atoms with van der Waals surface area (Å²) in [6.45, 7) is 4.17. The van der Waals surface area contributed by atoms with E-state index in [-0.39, 0.29) is 46.7 Å². The first-order valence-electron chi connectivity index (χ1n) is 17.0. The highest BCUT2D eigenvalue weighted by Crippen LogP contribution is 2.31.